The van der Waals surface area contributed by atoms with E-state index in [1.807, 2.05) is 37.2 Å². The largest absolute Gasteiger partial charge is 0.342 e. The van der Waals surface area contributed by atoms with E-state index in [2.05, 4.69) is 24.1 Å². The minimum absolute atomic E-state index is 0.0642. The van der Waals surface area contributed by atoms with Crippen LogP contribution in [0.25, 0.3) is 0 Å². The zero-order chi connectivity index (χ0) is 13.5. The Labute approximate surface area is 113 Å². The number of nitrogens with zero attached hydrogens (tertiary/aromatic N) is 2. The van der Waals surface area contributed by atoms with Gasteiger partial charge < -0.3 is 5.32 Å². The maximum atomic E-state index is 12.1. The fourth-order valence-electron chi connectivity index (χ4n) is 1.38. The molecule has 0 bridgehead atoms. The molecule has 1 atom stereocenters. The van der Waals surface area contributed by atoms with E-state index in [4.69, 9.17) is 0 Å². The first kappa shape index (κ1) is 15.0. The van der Waals surface area contributed by atoms with E-state index in [9.17, 15) is 4.79 Å². The number of hydrogen-bond donors (Lipinski definition) is 1. The van der Waals surface area contributed by atoms with Crippen molar-refractivity contribution < 1.29 is 4.79 Å². The summed E-state index contributed by atoms with van der Waals surface area (Å²) in [4.78, 5) is 18.3. The van der Waals surface area contributed by atoms with Crippen molar-refractivity contribution in [1.29, 1.82) is 0 Å². The summed E-state index contributed by atoms with van der Waals surface area (Å²) < 4.78 is 0. The van der Waals surface area contributed by atoms with Gasteiger partial charge in [0.05, 0.1) is 16.9 Å². The van der Waals surface area contributed by atoms with Crippen molar-refractivity contribution in [2.75, 3.05) is 20.8 Å². The summed E-state index contributed by atoms with van der Waals surface area (Å²) >= 11 is 1.51. The van der Waals surface area contributed by atoms with Crippen LogP contribution in [0, 0.1) is 5.92 Å². The normalized spacial score (nSPS) is 12.8. The summed E-state index contributed by atoms with van der Waals surface area (Å²) in [5.74, 6) is 0.327. The van der Waals surface area contributed by atoms with Gasteiger partial charge in [0, 0.05) is 6.20 Å². The third-order valence-electron chi connectivity index (χ3n) is 2.32. The van der Waals surface area contributed by atoms with Crippen molar-refractivity contribution in [3.8, 4) is 0 Å². The minimum atomic E-state index is -0.111. The van der Waals surface area contributed by atoms with E-state index in [1.54, 1.807) is 6.20 Å². The number of carbonyl (C=O) groups excluding carboxylic acids is 1. The van der Waals surface area contributed by atoms with Gasteiger partial charge in [-0.3, -0.25) is 9.69 Å². The number of nitrogens with one attached hydrogen (secondary N) is 1. The first-order valence-electron chi connectivity index (χ1n) is 6.01. The second kappa shape index (κ2) is 7.38. The minimum Gasteiger partial charge on any atom is -0.342 e. The topological polar surface area (TPSA) is 45.2 Å². The van der Waals surface area contributed by atoms with Crippen LogP contribution in [0.2, 0.25) is 0 Å². The van der Waals surface area contributed by atoms with Crippen LogP contribution in [0.5, 0.6) is 0 Å². The van der Waals surface area contributed by atoms with Gasteiger partial charge in [-0.25, -0.2) is 4.98 Å². The lowest BCUT2D eigenvalue weighted by atomic mass is 10.1. The fourth-order valence-corrected chi connectivity index (χ4v) is 2.38. The summed E-state index contributed by atoms with van der Waals surface area (Å²) in [5, 5.41) is 3.70. The van der Waals surface area contributed by atoms with E-state index in [0.717, 1.165) is 5.03 Å². The zero-order valence-electron chi connectivity index (χ0n) is 11.4. The Morgan fingerprint density at radius 2 is 2.17 bits per heavy atom. The molecule has 0 radical (unpaired) electrons. The first-order chi connectivity index (χ1) is 8.50. The third-order valence-corrected chi connectivity index (χ3v) is 3.81. The van der Waals surface area contributed by atoms with Crippen LogP contribution in [-0.4, -0.2) is 41.8 Å². The van der Waals surface area contributed by atoms with Crippen molar-refractivity contribution >= 4 is 17.7 Å². The highest BCUT2D eigenvalue weighted by Gasteiger charge is 2.23. The Kier molecular flexibility index (Phi) is 6.15. The summed E-state index contributed by atoms with van der Waals surface area (Å²) in [7, 11) is 3.85. The predicted octanol–water partition coefficient (Wildman–Crippen LogP) is 1.83. The fraction of sp³-hybridized carbons (Fsp3) is 0.538. The molecule has 0 saturated heterocycles. The molecule has 5 heteroatoms. The van der Waals surface area contributed by atoms with E-state index >= 15 is 0 Å². The molecule has 0 saturated carbocycles. The third kappa shape index (κ3) is 5.06. The van der Waals surface area contributed by atoms with Crippen LogP contribution in [-0.2, 0) is 4.79 Å². The molecule has 0 aliphatic rings. The summed E-state index contributed by atoms with van der Waals surface area (Å²) in [6, 6.07) is 5.74. The van der Waals surface area contributed by atoms with E-state index in [0.29, 0.717) is 6.67 Å². The molecule has 1 aromatic heterocycles. The van der Waals surface area contributed by atoms with Crippen LogP contribution in [0.3, 0.4) is 0 Å². The Hall–Kier alpha value is -1.07. The molecule has 1 aromatic rings. The molecule has 1 heterocycles. The lowest BCUT2D eigenvalue weighted by molar-refractivity contribution is -0.121. The molecule has 0 fully saturated rings. The number of rotatable bonds is 6. The molecule has 0 spiro atoms. The van der Waals surface area contributed by atoms with Gasteiger partial charge in [0.2, 0.25) is 5.91 Å². The van der Waals surface area contributed by atoms with E-state index < -0.39 is 0 Å². The second-order valence-electron chi connectivity index (χ2n) is 4.73. The SMILES string of the molecule is CC(C)C(Sc1ccccn1)C(=O)NCN(C)C. The Morgan fingerprint density at radius 1 is 1.44 bits per heavy atom. The highest BCUT2D eigenvalue weighted by molar-refractivity contribution is 8.00. The van der Waals surface area contributed by atoms with E-state index in [1.165, 1.54) is 11.8 Å². The molecule has 0 aromatic carbocycles. The van der Waals surface area contributed by atoms with Gasteiger partial charge in [-0.1, -0.05) is 31.7 Å². The summed E-state index contributed by atoms with van der Waals surface area (Å²) in [6.07, 6.45) is 1.75. The predicted molar refractivity (Wildman–Crippen MR) is 75.4 cm³/mol. The molecule has 0 aliphatic carbocycles. The van der Waals surface area contributed by atoms with Crippen molar-refractivity contribution in [1.82, 2.24) is 15.2 Å². The lowest BCUT2D eigenvalue weighted by Crippen LogP contribution is -2.40. The number of thioether (sulfide) groups is 1. The molecule has 1 unspecified atom stereocenters. The monoisotopic (exact) mass is 267 g/mol. The van der Waals surface area contributed by atoms with Gasteiger partial charge in [0.15, 0.2) is 0 Å². The van der Waals surface area contributed by atoms with Crippen molar-refractivity contribution in [2.45, 2.75) is 24.1 Å². The number of amides is 1. The number of pyridine rings is 1. The van der Waals surface area contributed by atoms with Crippen molar-refractivity contribution in [3.05, 3.63) is 24.4 Å². The molecule has 100 valence electrons. The second-order valence-corrected chi connectivity index (χ2v) is 5.89. The molecule has 18 heavy (non-hydrogen) atoms. The Balaban J connectivity index is 2.62. The number of carbonyl (C=O) groups is 1. The molecule has 1 N–H and O–H groups in total. The number of aromatic nitrogens is 1. The van der Waals surface area contributed by atoms with E-state index in [-0.39, 0.29) is 17.1 Å². The van der Waals surface area contributed by atoms with Gasteiger partial charge in [-0.05, 0) is 32.1 Å². The maximum absolute atomic E-state index is 12.1. The molecule has 1 rings (SSSR count). The average Bonchev–Trinajstić information content (AvgIpc) is 2.34. The van der Waals surface area contributed by atoms with Gasteiger partial charge in [0.25, 0.3) is 0 Å². The van der Waals surface area contributed by atoms with Crippen LogP contribution in [0.15, 0.2) is 29.4 Å². The first-order valence-corrected chi connectivity index (χ1v) is 6.89. The maximum Gasteiger partial charge on any atom is 0.234 e. The Bertz CT molecular complexity index is 368. The smallest absolute Gasteiger partial charge is 0.234 e. The van der Waals surface area contributed by atoms with Gasteiger partial charge in [-0.15, -0.1) is 0 Å². The highest BCUT2D eigenvalue weighted by Crippen LogP contribution is 2.26. The van der Waals surface area contributed by atoms with Gasteiger partial charge in [-0.2, -0.15) is 0 Å². The van der Waals surface area contributed by atoms with Crippen molar-refractivity contribution in [2.24, 2.45) is 5.92 Å². The molecular weight excluding hydrogens is 246 g/mol. The number of hydrogen-bond acceptors (Lipinski definition) is 4. The molecule has 4 nitrogen and oxygen atoms in total. The van der Waals surface area contributed by atoms with Crippen LogP contribution >= 0.6 is 11.8 Å². The van der Waals surface area contributed by atoms with Gasteiger partial charge in [0.1, 0.15) is 0 Å². The van der Waals surface area contributed by atoms with Crippen LogP contribution < -0.4 is 5.32 Å². The summed E-state index contributed by atoms with van der Waals surface area (Å²) in [5.41, 5.74) is 0. The summed E-state index contributed by atoms with van der Waals surface area (Å²) in [6.45, 7) is 4.66. The highest BCUT2D eigenvalue weighted by atomic mass is 32.2. The lowest BCUT2D eigenvalue weighted by Gasteiger charge is -2.20. The van der Waals surface area contributed by atoms with Crippen LogP contribution in [0.4, 0.5) is 0 Å². The van der Waals surface area contributed by atoms with Gasteiger partial charge >= 0.3 is 0 Å². The molecule has 0 aliphatic heterocycles. The van der Waals surface area contributed by atoms with Crippen molar-refractivity contribution in [3.63, 3.8) is 0 Å². The standard InChI is InChI=1S/C13H21N3OS/c1-10(2)12(13(17)15-9-16(3)4)18-11-7-5-6-8-14-11/h5-8,10,12H,9H2,1-4H3,(H,15,17). The molecular formula is C13H21N3OS. The molecule has 1 amide bonds. The Morgan fingerprint density at radius 3 is 2.67 bits per heavy atom. The zero-order valence-corrected chi connectivity index (χ0v) is 12.2. The quantitative estimate of drug-likeness (QED) is 0.631. The van der Waals surface area contributed by atoms with Crippen LogP contribution in [0.1, 0.15) is 13.8 Å². The average molecular weight is 267 g/mol.